The van der Waals surface area contributed by atoms with Crippen LogP contribution in [-0.4, -0.2) is 16.7 Å². The Balaban J connectivity index is 1.80. The Hall–Kier alpha value is -3.58. The third kappa shape index (κ3) is 2.73. The van der Waals surface area contributed by atoms with Crippen LogP contribution in [0.2, 0.25) is 0 Å². The Morgan fingerprint density at radius 1 is 0.920 bits per heavy atom. The number of fused-ring (bicyclic) bond motifs is 1. The van der Waals surface area contributed by atoms with Gasteiger partial charge in [-0.15, -0.1) is 0 Å². The molecule has 1 aromatic heterocycles. The maximum atomic E-state index is 7.06. The molecule has 4 rings (SSSR count). The number of aromatic nitrogens is 2. The van der Waals surface area contributed by atoms with Crippen LogP contribution in [0.25, 0.3) is 32.7 Å². The molecule has 0 fully saturated rings. The van der Waals surface area contributed by atoms with Gasteiger partial charge in [0, 0.05) is 5.69 Å². The molecule has 0 saturated carbocycles. The molecule has 120 valence electrons. The molecule has 0 atom stereocenters. The van der Waals surface area contributed by atoms with Crippen LogP contribution in [0.1, 0.15) is 0 Å². The summed E-state index contributed by atoms with van der Waals surface area (Å²) < 4.78 is 7.29. The summed E-state index contributed by atoms with van der Waals surface area (Å²) in [5.41, 5.74) is 5.84. The Bertz CT molecular complexity index is 1070. The molecule has 0 unspecified atom stereocenters. The molecule has 1 heterocycles. The first-order valence-corrected chi connectivity index (χ1v) is 7.88. The average Bonchev–Trinajstić information content (AvgIpc) is 3.11. The number of methoxy groups -OCH3 is 1. The molecule has 0 aliphatic carbocycles. The Labute approximate surface area is 145 Å². The van der Waals surface area contributed by atoms with Gasteiger partial charge < -0.3 is 4.74 Å². The van der Waals surface area contributed by atoms with Gasteiger partial charge in [-0.1, -0.05) is 30.3 Å². The molecule has 0 aliphatic heterocycles. The fourth-order valence-electron chi connectivity index (χ4n) is 2.86. The highest BCUT2D eigenvalue weighted by molar-refractivity contribution is 5.83. The van der Waals surface area contributed by atoms with Gasteiger partial charge in [-0.2, -0.15) is 0 Å². The van der Waals surface area contributed by atoms with Crippen molar-refractivity contribution in [1.82, 2.24) is 9.55 Å². The normalized spacial score (nSPS) is 10.6. The van der Waals surface area contributed by atoms with Crippen molar-refractivity contribution in [3.8, 4) is 22.6 Å². The fraction of sp³-hybridized carbons (Fsp3) is 0.0476. The number of nitrogens with zero attached hydrogens (tertiary/aromatic N) is 3. The van der Waals surface area contributed by atoms with Crippen LogP contribution in [0.4, 0.5) is 5.69 Å². The number of rotatable bonds is 3. The van der Waals surface area contributed by atoms with Crippen LogP contribution in [0, 0.1) is 6.57 Å². The summed E-state index contributed by atoms with van der Waals surface area (Å²) in [6.07, 6.45) is 1.83. The smallest absolute Gasteiger partial charge is 0.187 e. The van der Waals surface area contributed by atoms with E-state index in [2.05, 4.69) is 26.5 Å². The van der Waals surface area contributed by atoms with Crippen molar-refractivity contribution in [3.05, 3.63) is 84.5 Å². The van der Waals surface area contributed by atoms with E-state index >= 15 is 0 Å². The molecule has 0 spiro atoms. The van der Waals surface area contributed by atoms with E-state index in [0.717, 1.165) is 33.6 Å². The van der Waals surface area contributed by atoms with E-state index in [1.807, 2.05) is 60.9 Å². The molecule has 3 aromatic carbocycles. The van der Waals surface area contributed by atoms with Crippen LogP contribution >= 0.6 is 0 Å². The maximum Gasteiger partial charge on any atom is 0.187 e. The Morgan fingerprint density at radius 2 is 1.64 bits per heavy atom. The van der Waals surface area contributed by atoms with Crippen LogP contribution in [-0.2, 0) is 0 Å². The van der Waals surface area contributed by atoms with Gasteiger partial charge in [0.15, 0.2) is 5.69 Å². The predicted molar refractivity (Wildman–Crippen MR) is 99.3 cm³/mol. The minimum Gasteiger partial charge on any atom is -0.497 e. The fourth-order valence-corrected chi connectivity index (χ4v) is 2.86. The van der Waals surface area contributed by atoms with Crippen molar-refractivity contribution in [2.45, 2.75) is 0 Å². The van der Waals surface area contributed by atoms with Gasteiger partial charge in [0.05, 0.1) is 24.7 Å². The summed E-state index contributed by atoms with van der Waals surface area (Å²) in [5, 5.41) is 0. The SMILES string of the molecule is [C-]#[N+]c1ccc(-c2ccc3ncn(-c4ccc(OC)cc4)c3c2)cc1. The summed E-state index contributed by atoms with van der Waals surface area (Å²) in [5.74, 6) is 0.828. The molecule has 4 heteroatoms. The van der Waals surface area contributed by atoms with E-state index in [-0.39, 0.29) is 0 Å². The van der Waals surface area contributed by atoms with Crippen LogP contribution < -0.4 is 4.74 Å². The van der Waals surface area contributed by atoms with Crippen molar-refractivity contribution < 1.29 is 4.74 Å². The number of hydrogen-bond acceptors (Lipinski definition) is 2. The summed E-state index contributed by atoms with van der Waals surface area (Å²) >= 11 is 0. The predicted octanol–water partition coefficient (Wildman–Crippen LogP) is 5.25. The lowest BCUT2D eigenvalue weighted by molar-refractivity contribution is 0.415. The topological polar surface area (TPSA) is 31.4 Å². The van der Waals surface area contributed by atoms with Crippen molar-refractivity contribution in [3.63, 3.8) is 0 Å². The molecule has 25 heavy (non-hydrogen) atoms. The number of imidazole rings is 1. The van der Waals surface area contributed by atoms with Gasteiger partial charge in [-0.3, -0.25) is 4.57 Å². The number of ether oxygens (including phenoxy) is 1. The Kier molecular flexibility index (Phi) is 3.68. The molecule has 0 N–H and O–H groups in total. The van der Waals surface area contributed by atoms with Gasteiger partial charge in [-0.25, -0.2) is 9.83 Å². The standard InChI is InChI=1S/C21H15N3O/c1-22-17-6-3-15(4-7-17)16-5-12-20-21(13-16)24(14-23-20)18-8-10-19(25-2)11-9-18/h3-14H,2H3. The first-order chi connectivity index (χ1) is 12.3. The molecule has 0 aliphatic rings. The molecule has 0 radical (unpaired) electrons. The van der Waals surface area contributed by atoms with Crippen molar-refractivity contribution in [2.75, 3.05) is 7.11 Å². The molecule has 0 saturated heterocycles. The van der Waals surface area contributed by atoms with Gasteiger partial charge in [0.25, 0.3) is 0 Å². The quantitative estimate of drug-likeness (QED) is 0.482. The molecule has 4 aromatic rings. The van der Waals surface area contributed by atoms with E-state index in [0.29, 0.717) is 5.69 Å². The first-order valence-electron chi connectivity index (χ1n) is 7.88. The van der Waals surface area contributed by atoms with E-state index < -0.39 is 0 Å². The van der Waals surface area contributed by atoms with E-state index in [1.165, 1.54) is 0 Å². The molecule has 0 bridgehead atoms. The lowest BCUT2D eigenvalue weighted by atomic mass is 10.0. The van der Waals surface area contributed by atoms with Crippen LogP contribution in [0.5, 0.6) is 5.75 Å². The molecule has 4 nitrogen and oxygen atoms in total. The molecular formula is C21H15N3O. The largest absolute Gasteiger partial charge is 0.497 e. The first kappa shape index (κ1) is 15.0. The monoisotopic (exact) mass is 325 g/mol. The van der Waals surface area contributed by atoms with Crippen LogP contribution in [0.3, 0.4) is 0 Å². The minimum absolute atomic E-state index is 0.646. The highest BCUT2D eigenvalue weighted by atomic mass is 16.5. The van der Waals surface area contributed by atoms with Gasteiger partial charge >= 0.3 is 0 Å². The molecular weight excluding hydrogens is 310 g/mol. The summed E-state index contributed by atoms with van der Waals surface area (Å²) in [6, 6.07) is 21.7. The lowest BCUT2D eigenvalue weighted by Gasteiger charge is -2.07. The van der Waals surface area contributed by atoms with E-state index in [9.17, 15) is 0 Å². The summed E-state index contributed by atoms with van der Waals surface area (Å²) in [6.45, 7) is 7.06. The zero-order chi connectivity index (χ0) is 17.2. The van der Waals surface area contributed by atoms with Crippen molar-refractivity contribution in [1.29, 1.82) is 0 Å². The third-order valence-electron chi connectivity index (χ3n) is 4.23. The second-order valence-electron chi connectivity index (χ2n) is 5.67. The maximum absolute atomic E-state index is 7.06. The zero-order valence-corrected chi connectivity index (χ0v) is 13.7. The van der Waals surface area contributed by atoms with E-state index in [4.69, 9.17) is 11.3 Å². The number of benzene rings is 3. The lowest BCUT2D eigenvalue weighted by Crippen LogP contribution is -1.92. The number of hydrogen-bond donors (Lipinski definition) is 0. The highest BCUT2D eigenvalue weighted by Gasteiger charge is 2.07. The Morgan fingerprint density at radius 3 is 2.32 bits per heavy atom. The summed E-state index contributed by atoms with van der Waals surface area (Å²) in [4.78, 5) is 7.93. The van der Waals surface area contributed by atoms with Crippen LogP contribution in [0.15, 0.2) is 73.1 Å². The highest BCUT2D eigenvalue weighted by Crippen LogP contribution is 2.27. The van der Waals surface area contributed by atoms with Crippen molar-refractivity contribution >= 4 is 16.7 Å². The minimum atomic E-state index is 0.646. The second-order valence-corrected chi connectivity index (χ2v) is 5.67. The van der Waals surface area contributed by atoms with E-state index in [1.54, 1.807) is 7.11 Å². The molecule has 0 amide bonds. The van der Waals surface area contributed by atoms with Gasteiger partial charge in [0.2, 0.25) is 0 Å². The average molecular weight is 325 g/mol. The van der Waals surface area contributed by atoms with Gasteiger partial charge in [0.1, 0.15) is 12.1 Å². The van der Waals surface area contributed by atoms with Crippen molar-refractivity contribution in [2.24, 2.45) is 0 Å². The van der Waals surface area contributed by atoms with Gasteiger partial charge in [-0.05, 0) is 47.5 Å². The summed E-state index contributed by atoms with van der Waals surface area (Å²) in [7, 11) is 1.66. The second kappa shape index (κ2) is 6.14. The zero-order valence-electron chi connectivity index (χ0n) is 13.7. The third-order valence-corrected chi connectivity index (χ3v) is 4.23.